The van der Waals surface area contributed by atoms with Crippen LogP contribution in [0.15, 0.2) is 30.9 Å². The number of hydrogen-bond donors (Lipinski definition) is 1. The van der Waals surface area contributed by atoms with E-state index in [2.05, 4.69) is 15.2 Å². The maximum absolute atomic E-state index is 9.71. The average molecular weight is 215 g/mol. The van der Waals surface area contributed by atoms with Gasteiger partial charge in [0.25, 0.3) is 0 Å². The maximum atomic E-state index is 9.71. The van der Waals surface area contributed by atoms with Gasteiger partial charge in [0.15, 0.2) is 0 Å². The second-order valence-electron chi connectivity index (χ2n) is 3.51. The largest absolute Gasteiger partial charge is 0.492 e. The van der Waals surface area contributed by atoms with Crippen LogP contribution in [0.25, 0.3) is 16.8 Å². The Labute approximate surface area is 90.8 Å². The van der Waals surface area contributed by atoms with Crippen molar-refractivity contribution >= 4 is 5.52 Å². The number of fused-ring (bicyclic) bond motifs is 1. The van der Waals surface area contributed by atoms with Gasteiger partial charge < -0.3 is 5.11 Å². The Kier molecular flexibility index (Phi) is 1.70. The van der Waals surface area contributed by atoms with Crippen molar-refractivity contribution in [2.24, 2.45) is 7.05 Å². The Morgan fingerprint density at radius 3 is 2.88 bits per heavy atom. The van der Waals surface area contributed by atoms with E-state index in [9.17, 15) is 5.11 Å². The first-order valence-corrected chi connectivity index (χ1v) is 4.76. The highest BCUT2D eigenvalue weighted by Crippen LogP contribution is 2.21. The van der Waals surface area contributed by atoms with Gasteiger partial charge in [-0.2, -0.15) is 10.2 Å². The molecule has 0 atom stereocenters. The van der Waals surface area contributed by atoms with Crippen LogP contribution in [0.5, 0.6) is 5.88 Å². The molecule has 0 radical (unpaired) electrons. The van der Waals surface area contributed by atoms with Crippen LogP contribution < -0.4 is 0 Å². The summed E-state index contributed by atoms with van der Waals surface area (Å²) >= 11 is 0. The van der Waals surface area contributed by atoms with E-state index in [1.54, 1.807) is 33.9 Å². The van der Waals surface area contributed by atoms with Crippen molar-refractivity contribution < 1.29 is 5.11 Å². The molecule has 1 N–H and O–H groups in total. The number of rotatable bonds is 1. The highest BCUT2D eigenvalue weighted by Gasteiger charge is 2.08. The van der Waals surface area contributed by atoms with E-state index in [-0.39, 0.29) is 5.88 Å². The van der Waals surface area contributed by atoms with Gasteiger partial charge in [-0.05, 0) is 6.07 Å². The van der Waals surface area contributed by atoms with Gasteiger partial charge in [-0.3, -0.25) is 4.68 Å². The summed E-state index contributed by atoms with van der Waals surface area (Å²) in [5, 5.41) is 17.8. The number of aromatic nitrogens is 5. The summed E-state index contributed by atoms with van der Waals surface area (Å²) in [4.78, 5) is 4.10. The van der Waals surface area contributed by atoms with Crippen LogP contribution in [0.2, 0.25) is 0 Å². The van der Waals surface area contributed by atoms with E-state index in [1.807, 2.05) is 13.2 Å². The molecule has 0 aliphatic heterocycles. The molecule has 0 aromatic carbocycles. The Balaban J connectivity index is 2.24. The van der Waals surface area contributed by atoms with Crippen molar-refractivity contribution in [1.82, 2.24) is 24.4 Å². The third-order valence-electron chi connectivity index (χ3n) is 2.37. The summed E-state index contributed by atoms with van der Waals surface area (Å²) in [7, 11) is 1.83. The summed E-state index contributed by atoms with van der Waals surface area (Å²) < 4.78 is 3.27. The van der Waals surface area contributed by atoms with Crippen molar-refractivity contribution in [2.45, 2.75) is 0 Å². The summed E-state index contributed by atoms with van der Waals surface area (Å²) in [6, 6.07) is 1.70. The Morgan fingerprint density at radius 1 is 1.25 bits per heavy atom. The zero-order chi connectivity index (χ0) is 11.1. The lowest BCUT2D eigenvalue weighted by molar-refractivity contribution is 0.457. The number of hydrogen-bond acceptors (Lipinski definition) is 4. The standard InChI is InChI=1S/C10H9N5O/c1-14-5-7(4-12-14)8-6-15-9(2-3-11-15)10(16)13-8/h2-6H,1H3,(H,13,16). The Hall–Kier alpha value is -2.37. The molecule has 0 aliphatic rings. The van der Waals surface area contributed by atoms with Gasteiger partial charge in [-0.15, -0.1) is 0 Å². The van der Waals surface area contributed by atoms with Crippen LogP contribution in [0.1, 0.15) is 0 Å². The molecule has 6 nitrogen and oxygen atoms in total. The smallest absolute Gasteiger partial charge is 0.238 e. The molecular weight excluding hydrogens is 206 g/mol. The van der Waals surface area contributed by atoms with Crippen LogP contribution in [-0.4, -0.2) is 29.5 Å². The maximum Gasteiger partial charge on any atom is 0.238 e. The third-order valence-corrected chi connectivity index (χ3v) is 2.37. The molecule has 0 saturated heterocycles. The predicted molar refractivity (Wildman–Crippen MR) is 56.9 cm³/mol. The molecule has 0 spiro atoms. The van der Waals surface area contributed by atoms with Crippen molar-refractivity contribution in [1.29, 1.82) is 0 Å². The molecule has 3 aromatic heterocycles. The molecule has 16 heavy (non-hydrogen) atoms. The topological polar surface area (TPSA) is 68.2 Å². The third kappa shape index (κ3) is 1.23. The van der Waals surface area contributed by atoms with Crippen LogP contribution in [-0.2, 0) is 7.05 Å². The Bertz CT molecular complexity index is 654. The molecule has 0 amide bonds. The normalized spacial score (nSPS) is 11.1. The van der Waals surface area contributed by atoms with Gasteiger partial charge >= 0.3 is 0 Å². The minimum absolute atomic E-state index is 0.0288. The van der Waals surface area contributed by atoms with E-state index in [0.29, 0.717) is 11.2 Å². The van der Waals surface area contributed by atoms with Crippen molar-refractivity contribution in [3.05, 3.63) is 30.9 Å². The first-order chi connectivity index (χ1) is 7.74. The average Bonchev–Trinajstić information content (AvgIpc) is 2.85. The molecule has 0 bridgehead atoms. The molecule has 0 aliphatic carbocycles. The monoisotopic (exact) mass is 215 g/mol. The van der Waals surface area contributed by atoms with E-state index < -0.39 is 0 Å². The number of aryl methyl sites for hydroxylation is 1. The lowest BCUT2D eigenvalue weighted by atomic mass is 10.3. The number of aromatic hydroxyl groups is 1. The summed E-state index contributed by atoms with van der Waals surface area (Å²) in [6.07, 6.45) is 6.89. The number of nitrogens with zero attached hydrogens (tertiary/aromatic N) is 5. The van der Waals surface area contributed by atoms with Crippen molar-refractivity contribution in [3.63, 3.8) is 0 Å². The first kappa shape index (κ1) is 8.90. The molecule has 0 fully saturated rings. The summed E-state index contributed by atoms with van der Waals surface area (Å²) in [5.74, 6) is -0.0288. The van der Waals surface area contributed by atoms with Crippen LogP contribution in [0.3, 0.4) is 0 Å². The quantitative estimate of drug-likeness (QED) is 0.653. The SMILES string of the molecule is Cn1cc(-c2cn3nccc3c(O)n2)cn1. The molecule has 0 unspecified atom stereocenters. The van der Waals surface area contributed by atoms with E-state index in [4.69, 9.17) is 0 Å². The molecular formula is C10H9N5O. The molecule has 3 aromatic rings. The summed E-state index contributed by atoms with van der Waals surface area (Å²) in [5.41, 5.74) is 2.07. The van der Waals surface area contributed by atoms with Gasteiger partial charge in [0.2, 0.25) is 5.88 Å². The van der Waals surface area contributed by atoms with E-state index in [0.717, 1.165) is 5.56 Å². The minimum Gasteiger partial charge on any atom is -0.492 e. The van der Waals surface area contributed by atoms with E-state index in [1.165, 1.54) is 0 Å². The molecule has 3 heterocycles. The van der Waals surface area contributed by atoms with Crippen LogP contribution in [0, 0.1) is 0 Å². The molecule has 6 heteroatoms. The highest BCUT2D eigenvalue weighted by molar-refractivity contribution is 5.63. The predicted octanol–water partition coefficient (Wildman–Crippen LogP) is 0.835. The van der Waals surface area contributed by atoms with Crippen LogP contribution >= 0.6 is 0 Å². The second-order valence-corrected chi connectivity index (χ2v) is 3.51. The fourth-order valence-corrected chi connectivity index (χ4v) is 1.60. The van der Waals surface area contributed by atoms with Gasteiger partial charge in [0.05, 0.1) is 24.3 Å². The fourth-order valence-electron chi connectivity index (χ4n) is 1.60. The molecule has 80 valence electrons. The van der Waals surface area contributed by atoms with Gasteiger partial charge in [0, 0.05) is 18.8 Å². The zero-order valence-corrected chi connectivity index (χ0v) is 8.57. The van der Waals surface area contributed by atoms with Crippen molar-refractivity contribution in [3.8, 4) is 17.1 Å². The second kappa shape index (κ2) is 3.06. The van der Waals surface area contributed by atoms with Gasteiger partial charge in [-0.25, -0.2) is 9.50 Å². The molecule has 0 saturated carbocycles. The minimum atomic E-state index is -0.0288. The lowest BCUT2D eigenvalue weighted by Gasteiger charge is -2.00. The van der Waals surface area contributed by atoms with Crippen LogP contribution in [0.4, 0.5) is 0 Å². The summed E-state index contributed by atoms with van der Waals surface area (Å²) in [6.45, 7) is 0. The Morgan fingerprint density at radius 2 is 2.12 bits per heavy atom. The van der Waals surface area contributed by atoms with E-state index >= 15 is 0 Å². The van der Waals surface area contributed by atoms with Gasteiger partial charge in [0.1, 0.15) is 5.52 Å². The fraction of sp³-hybridized carbons (Fsp3) is 0.100. The zero-order valence-electron chi connectivity index (χ0n) is 8.57. The van der Waals surface area contributed by atoms with Crippen molar-refractivity contribution in [2.75, 3.05) is 0 Å². The highest BCUT2D eigenvalue weighted by atomic mass is 16.3. The molecule has 3 rings (SSSR count). The first-order valence-electron chi connectivity index (χ1n) is 4.76. The van der Waals surface area contributed by atoms with Gasteiger partial charge in [-0.1, -0.05) is 0 Å². The lowest BCUT2D eigenvalue weighted by Crippen LogP contribution is -1.92.